The molecule has 0 amide bonds. The number of rotatable bonds is 7. The van der Waals surface area contributed by atoms with Gasteiger partial charge in [0.05, 0.1) is 5.69 Å². The van der Waals surface area contributed by atoms with Crippen LogP contribution < -0.4 is 0 Å². The zero-order valence-electron chi connectivity index (χ0n) is 15.6. The third-order valence-electron chi connectivity index (χ3n) is 5.33. The molecule has 1 N–H and O–H groups in total. The van der Waals surface area contributed by atoms with Crippen molar-refractivity contribution >= 4 is 11.3 Å². The van der Waals surface area contributed by atoms with Gasteiger partial charge in [-0.05, 0) is 49.6 Å². The second-order valence-corrected chi connectivity index (χ2v) is 7.75. The average Bonchev–Trinajstić information content (AvgIpc) is 3.20. The van der Waals surface area contributed by atoms with Gasteiger partial charge in [0.1, 0.15) is 0 Å². The molecule has 0 aromatic carbocycles. The summed E-state index contributed by atoms with van der Waals surface area (Å²) in [5.74, 6) is 0. The van der Waals surface area contributed by atoms with E-state index in [9.17, 15) is 5.11 Å². The Morgan fingerprint density at radius 3 is 2.76 bits per heavy atom. The van der Waals surface area contributed by atoms with E-state index in [4.69, 9.17) is 0 Å². The summed E-state index contributed by atoms with van der Waals surface area (Å²) in [5.41, 5.74) is 5.20. The molecule has 0 aliphatic carbocycles. The van der Waals surface area contributed by atoms with Crippen LogP contribution >= 0.6 is 11.3 Å². The summed E-state index contributed by atoms with van der Waals surface area (Å²) >= 11 is 1.76. The maximum absolute atomic E-state index is 9.51. The van der Waals surface area contributed by atoms with Crippen molar-refractivity contribution in [2.75, 3.05) is 26.2 Å². The van der Waals surface area contributed by atoms with Crippen LogP contribution in [0.2, 0.25) is 0 Å². The van der Waals surface area contributed by atoms with Crippen molar-refractivity contribution in [2.45, 2.75) is 52.9 Å². The van der Waals surface area contributed by atoms with E-state index in [1.807, 2.05) is 0 Å². The van der Waals surface area contributed by atoms with Gasteiger partial charge >= 0.3 is 0 Å². The molecule has 3 rings (SSSR count). The second kappa shape index (κ2) is 8.45. The minimum atomic E-state index is 0.254. The smallest absolute Gasteiger partial charge is 0.0641 e. The maximum Gasteiger partial charge on any atom is 0.0641 e. The van der Waals surface area contributed by atoms with Gasteiger partial charge in [0, 0.05) is 63.2 Å². The van der Waals surface area contributed by atoms with Crippen LogP contribution in [0.25, 0.3) is 0 Å². The summed E-state index contributed by atoms with van der Waals surface area (Å²) < 4.78 is 2.10. The highest BCUT2D eigenvalue weighted by molar-refractivity contribution is 7.07. The summed E-state index contributed by atoms with van der Waals surface area (Å²) in [4.78, 5) is 5.06. The zero-order chi connectivity index (χ0) is 17.8. The molecule has 2 aromatic heterocycles. The summed E-state index contributed by atoms with van der Waals surface area (Å²) in [6.07, 6.45) is 0.840. The third kappa shape index (κ3) is 4.31. The fourth-order valence-electron chi connectivity index (χ4n) is 3.84. The normalized spacial score (nSPS) is 19.6. The lowest BCUT2D eigenvalue weighted by Crippen LogP contribution is -2.52. The highest BCUT2D eigenvalue weighted by atomic mass is 32.1. The molecule has 0 unspecified atom stereocenters. The Morgan fingerprint density at radius 2 is 2.12 bits per heavy atom. The minimum absolute atomic E-state index is 0.254. The number of piperazine rings is 1. The molecule has 1 atom stereocenters. The molecule has 1 saturated heterocycles. The molecule has 3 heterocycles. The number of nitrogens with zero attached hydrogens (tertiary/aromatic N) is 4. The van der Waals surface area contributed by atoms with Crippen LogP contribution in [0.1, 0.15) is 35.9 Å². The molecule has 6 heteroatoms. The molecular weight excluding hydrogens is 332 g/mol. The van der Waals surface area contributed by atoms with Crippen LogP contribution in [0.4, 0.5) is 0 Å². The lowest BCUT2D eigenvalue weighted by molar-refractivity contribution is 0.0499. The number of aryl methyl sites for hydroxylation is 2. The minimum Gasteiger partial charge on any atom is -0.396 e. The lowest BCUT2D eigenvalue weighted by atomic mass is 10.1. The van der Waals surface area contributed by atoms with E-state index >= 15 is 0 Å². The Bertz CT molecular complexity index is 667. The van der Waals surface area contributed by atoms with E-state index in [1.54, 1.807) is 11.3 Å². The SMILES string of the molecule is CCn1nc(C)c(CN2CCN(Cc3ccsc3)[C@H](CCO)C2)c1C. The van der Waals surface area contributed by atoms with Gasteiger partial charge in [0.2, 0.25) is 0 Å². The standard InChI is InChI=1S/C19H30N4OS/c1-4-23-16(3)19(15(2)20-23)13-21-7-8-22(18(12-21)5-9-24)11-17-6-10-25-14-17/h6,10,14,18,24H,4-5,7-9,11-13H2,1-3H3/t18-/m1/s1. The number of hydrogen-bond donors (Lipinski definition) is 1. The summed E-state index contributed by atoms with van der Waals surface area (Å²) in [6, 6.07) is 2.62. The first-order valence-electron chi connectivity index (χ1n) is 9.23. The van der Waals surface area contributed by atoms with Crippen molar-refractivity contribution in [2.24, 2.45) is 0 Å². The first kappa shape index (κ1) is 18.6. The summed E-state index contributed by atoms with van der Waals surface area (Å²) in [5, 5.41) is 18.5. The van der Waals surface area contributed by atoms with Crippen molar-refractivity contribution in [3.63, 3.8) is 0 Å². The fourth-order valence-corrected chi connectivity index (χ4v) is 4.50. The van der Waals surface area contributed by atoms with E-state index in [1.165, 1.54) is 16.8 Å². The molecule has 0 radical (unpaired) electrons. The first-order chi connectivity index (χ1) is 12.1. The molecule has 138 valence electrons. The summed E-state index contributed by atoms with van der Waals surface area (Å²) in [6.45, 7) is 12.7. The molecule has 1 aliphatic rings. The average molecular weight is 363 g/mol. The van der Waals surface area contributed by atoms with E-state index in [0.717, 1.165) is 51.4 Å². The number of aliphatic hydroxyl groups excluding tert-OH is 1. The van der Waals surface area contributed by atoms with Gasteiger partial charge in [-0.15, -0.1) is 0 Å². The maximum atomic E-state index is 9.51. The van der Waals surface area contributed by atoms with Gasteiger partial charge in [0.25, 0.3) is 0 Å². The molecule has 2 aromatic rings. The van der Waals surface area contributed by atoms with Crippen LogP contribution in [-0.2, 0) is 19.6 Å². The predicted molar refractivity (Wildman–Crippen MR) is 103 cm³/mol. The monoisotopic (exact) mass is 362 g/mol. The van der Waals surface area contributed by atoms with Gasteiger partial charge in [0.15, 0.2) is 0 Å². The molecule has 0 bridgehead atoms. The van der Waals surface area contributed by atoms with E-state index in [0.29, 0.717) is 6.04 Å². The van der Waals surface area contributed by atoms with E-state index < -0.39 is 0 Å². The summed E-state index contributed by atoms with van der Waals surface area (Å²) in [7, 11) is 0. The van der Waals surface area contributed by atoms with Crippen molar-refractivity contribution in [1.29, 1.82) is 0 Å². The van der Waals surface area contributed by atoms with Crippen molar-refractivity contribution in [3.8, 4) is 0 Å². The van der Waals surface area contributed by atoms with E-state index in [2.05, 4.69) is 57.2 Å². The number of thiophene rings is 1. The van der Waals surface area contributed by atoms with Crippen LogP contribution in [0.15, 0.2) is 16.8 Å². The van der Waals surface area contributed by atoms with Gasteiger partial charge < -0.3 is 5.11 Å². The van der Waals surface area contributed by atoms with Gasteiger partial charge in [-0.3, -0.25) is 14.5 Å². The van der Waals surface area contributed by atoms with Crippen molar-refractivity contribution < 1.29 is 5.11 Å². The largest absolute Gasteiger partial charge is 0.396 e. The van der Waals surface area contributed by atoms with Crippen molar-refractivity contribution in [3.05, 3.63) is 39.3 Å². The number of aliphatic hydroxyl groups is 1. The van der Waals surface area contributed by atoms with Crippen LogP contribution in [0.5, 0.6) is 0 Å². The van der Waals surface area contributed by atoms with Crippen LogP contribution in [-0.4, -0.2) is 57.0 Å². The first-order valence-corrected chi connectivity index (χ1v) is 10.2. The van der Waals surface area contributed by atoms with Crippen LogP contribution in [0.3, 0.4) is 0 Å². The molecule has 25 heavy (non-hydrogen) atoms. The number of hydrogen-bond acceptors (Lipinski definition) is 5. The topological polar surface area (TPSA) is 44.5 Å². The van der Waals surface area contributed by atoms with Gasteiger partial charge in [-0.2, -0.15) is 16.4 Å². The van der Waals surface area contributed by atoms with Gasteiger partial charge in [-0.25, -0.2) is 0 Å². The van der Waals surface area contributed by atoms with Crippen LogP contribution in [0, 0.1) is 13.8 Å². The Hall–Kier alpha value is -1.21. The molecule has 1 aliphatic heterocycles. The van der Waals surface area contributed by atoms with E-state index in [-0.39, 0.29) is 6.61 Å². The Labute approximate surface area is 154 Å². The molecule has 5 nitrogen and oxygen atoms in total. The molecular formula is C19H30N4OS. The quantitative estimate of drug-likeness (QED) is 0.822. The highest BCUT2D eigenvalue weighted by Crippen LogP contribution is 2.21. The molecule has 1 fully saturated rings. The Morgan fingerprint density at radius 1 is 1.28 bits per heavy atom. The predicted octanol–water partition coefficient (Wildman–Crippen LogP) is 2.65. The molecule has 0 saturated carbocycles. The molecule has 0 spiro atoms. The Balaban J connectivity index is 1.66. The fraction of sp³-hybridized carbons (Fsp3) is 0.632. The zero-order valence-corrected chi connectivity index (χ0v) is 16.4. The Kier molecular flexibility index (Phi) is 6.28. The second-order valence-electron chi connectivity index (χ2n) is 6.97. The van der Waals surface area contributed by atoms with Crippen molar-refractivity contribution in [1.82, 2.24) is 19.6 Å². The number of aromatic nitrogens is 2. The van der Waals surface area contributed by atoms with Gasteiger partial charge in [-0.1, -0.05) is 0 Å². The lowest BCUT2D eigenvalue weighted by Gasteiger charge is -2.41. The third-order valence-corrected chi connectivity index (χ3v) is 6.06. The highest BCUT2D eigenvalue weighted by Gasteiger charge is 2.27.